The molecule has 0 aliphatic carbocycles. The lowest BCUT2D eigenvalue weighted by Gasteiger charge is -2.12. The van der Waals surface area contributed by atoms with Gasteiger partial charge in [0.1, 0.15) is 11.6 Å². The van der Waals surface area contributed by atoms with Crippen molar-refractivity contribution in [2.75, 3.05) is 17.7 Å². The highest BCUT2D eigenvalue weighted by Crippen LogP contribution is 2.28. The van der Waals surface area contributed by atoms with Crippen LogP contribution in [0.15, 0.2) is 66.9 Å². The fourth-order valence-electron chi connectivity index (χ4n) is 2.59. The van der Waals surface area contributed by atoms with Crippen LogP contribution in [0.4, 0.5) is 17.2 Å². The topological polar surface area (TPSA) is 63.2 Å². The maximum absolute atomic E-state index is 12.1. The quantitative estimate of drug-likeness (QED) is 0.697. The SMILES string of the molecule is COc1ccc(C)cc1Nc1ccc(NC(=O)Cc2ccccc2)cn1. The number of hydrogen-bond acceptors (Lipinski definition) is 4. The molecule has 3 aromatic rings. The predicted molar refractivity (Wildman–Crippen MR) is 104 cm³/mol. The van der Waals surface area contributed by atoms with Crippen molar-refractivity contribution in [1.82, 2.24) is 4.98 Å². The molecule has 0 atom stereocenters. The molecule has 0 aliphatic rings. The van der Waals surface area contributed by atoms with E-state index in [1.54, 1.807) is 13.3 Å². The third-order valence-electron chi connectivity index (χ3n) is 3.87. The van der Waals surface area contributed by atoms with Crippen LogP contribution in [0.3, 0.4) is 0 Å². The molecular weight excluding hydrogens is 326 g/mol. The fraction of sp³-hybridized carbons (Fsp3) is 0.143. The number of carbonyl (C=O) groups is 1. The summed E-state index contributed by atoms with van der Waals surface area (Å²) >= 11 is 0. The first-order valence-electron chi connectivity index (χ1n) is 8.35. The normalized spacial score (nSPS) is 10.2. The zero-order valence-corrected chi connectivity index (χ0v) is 14.8. The molecule has 1 aromatic heterocycles. The molecule has 0 unspecified atom stereocenters. The fourth-order valence-corrected chi connectivity index (χ4v) is 2.59. The number of hydrogen-bond donors (Lipinski definition) is 2. The van der Waals surface area contributed by atoms with Crippen molar-refractivity contribution in [3.63, 3.8) is 0 Å². The number of aryl methyl sites for hydroxylation is 1. The molecular formula is C21H21N3O2. The van der Waals surface area contributed by atoms with Gasteiger partial charge in [0.05, 0.1) is 31.1 Å². The van der Waals surface area contributed by atoms with Crippen molar-refractivity contribution in [2.24, 2.45) is 0 Å². The smallest absolute Gasteiger partial charge is 0.228 e. The van der Waals surface area contributed by atoms with E-state index in [1.165, 1.54) is 0 Å². The molecule has 0 fully saturated rings. The van der Waals surface area contributed by atoms with Gasteiger partial charge in [-0.3, -0.25) is 4.79 Å². The standard InChI is InChI=1S/C21H21N3O2/c1-15-8-10-19(26-2)18(12-15)24-20-11-9-17(14-22-20)23-21(25)13-16-6-4-3-5-7-16/h3-12,14H,13H2,1-2H3,(H,22,24)(H,23,25). The second kappa shape index (κ2) is 8.16. The van der Waals surface area contributed by atoms with E-state index in [0.29, 0.717) is 17.9 Å². The molecule has 1 amide bonds. The molecule has 2 N–H and O–H groups in total. The Morgan fingerprint density at radius 1 is 1.08 bits per heavy atom. The Bertz CT molecular complexity index is 878. The Hall–Kier alpha value is -3.34. The Labute approximate surface area is 153 Å². The van der Waals surface area contributed by atoms with Gasteiger partial charge < -0.3 is 15.4 Å². The third-order valence-corrected chi connectivity index (χ3v) is 3.87. The van der Waals surface area contributed by atoms with Crippen LogP contribution in [0.2, 0.25) is 0 Å². The summed E-state index contributed by atoms with van der Waals surface area (Å²) < 4.78 is 5.36. The van der Waals surface area contributed by atoms with E-state index in [4.69, 9.17) is 4.74 Å². The van der Waals surface area contributed by atoms with Gasteiger partial charge in [-0.05, 0) is 42.3 Å². The minimum absolute atomic E-state index is 0.0703. The van der Waals surface area contributed by atoms with Gasteiger partial charge in [0.25, 0.3) is 0 Å². The number of carbonyl (C=O) groups excluding carboxylic acids is 1. The maximum Gasteiger partial charge on any atom is 0.228 e. The number of nitrogens with one attached hydrogen (secondary N) is 2. The molecule has 5 nitrogen and oxygen atoms in total. The van der Waals surface area contributed by atoms with Crippen LogP contribution >= 0.6 is 0 Å². The molecule has 0 saturated carbocycles. The number of methoxy groups -OCH3 is 1. The van der Waals surface area contributed by atoms with Crippen LogP contribution in [-0.4, -0.2) is 18.0 Å². The lowest BCUT2D eigenvalue weighted by Crippen LogP contribution is -2.14. The summed E-state index contributed by atoms with van der Waals surface area (Å²) in [6, 6.07) is 19.2. The first-order chi connectivity index (χ1) is 12.6. The maximum atomic E-state index is 12.1. The molecule has 26 heavy (non-hydrogen) atoms. The molecule has 0 aliphatic heterocycles. The molecule has 0 spiro atoms. The predicted octanol–water partition coefficient (Wildman–Crippen LogP) is 4.32. The van der Waals surface area contributed by atoms with Crippen LogP contribution in [0, 0.1) is 6.92 Å². The van der Waals surface area contributed by atoms with Gasteiger partial charge in [-0.25, -0.2) is 4.98 Å². The Morgan fingerprint density at radius 3 is 2.58 bits per heavy atom. The monoisotopic (exact) mass is 347 g/mol. The van der Waals surface area contributed by atoms with Gasteiger partial charge >= 0.3 is 0 Å². The second-order valence-corrected chi connectivity index (χ2v) is 5.97. The lowest BCUT2D eigenvalue weighted by atomic mass is 10.1. The summed E-state index contributed by atoms with van der Waals surface area (Å²) in [6.45, 7) is 2.02. The summed E-state index contributed by atoms with van der Waals surface area (Å²) in [4.78, 5) is 16.5. The Morgan fingerprint density at radius 2 is 1.88 bits per heavy atom. The number of aromatic nitrogens is 1. The van der Waals surface area contributed by atoms with E-state index < -0.39 is 0 Å². The van der Waals surface area contributed by atoms with E-state index in [0.717, 1.165) is 22.6 Å². The lowest BCUT2D eigenvalue weighted by molar-refractivity contribution is -0.115. The van der Waals surface area contributed by atoms with Crippen LogP contribution in [-0.2, 0) is 11.2 Å². The summed E-state index contributed by atoms with van der Waals surface area (Å²) in [5.74, 6) is 1.35. The minimum Gasteiger partial charge on any atom is -0.495 e. The first-order valence-corrected chi connectivity index (χ1v) is 8.35. The average Bonchev–Trinajstić information content (AvgIpc) is 2.64. The molecule has 0 radical (unpaired) electrons. The largest absolute Gasteiger partial charge is 0.495 e. The number of ether oxygens (including phenoxy) is 1. The summed E-state index contributed by atoms with van der Waals surface area (Å²) in [7, 11) is 1.63. The minimum atomic E-state index is -0.0703. The average molecular weight is 347 g/mol. The van der Waals surface area contributed by atoms with E-state index in [-0.39, 0.29) is 5.91 Å². The third kappa shape index (κ3) is 4.60. The van der Waals surface area contributed by atoms with Gasteiger partial charge in [-0.15, -0.1) is 0 Å². The van der Waals surface area contributed by atoms with Crippen LogP contribution < -0.4 is 15.4 Å². The highest BCUT2D eigenvalue weighted by Gasteiger charge is 2.06. The molecule has 132 valence electrons. The number of pyridine rings is 1. The number of amides is 1. The van der Waals surface area contributed by atoms with Crippen molar-refractivity contribution in [3.05, 3.63) is 78.0 Å². The number of benzene rings is 2. The Kier molecular flexibility index (Phi) is 5.49. The molecule has 1 heterocycles. The first kappa shape index (κ1) is 17.5. The molecule has 0 bridgehead atoms. The second-order valence-electron chi connectivity index (χ2n) is 5.97. The zero-order valence-electron chi connectivity index (χ0n) is 14.8. The van der Waals surface area contributed by atoms with Crippen molar-refractivity contribution >= 4 is 23.1 Å². The van der Waals surface area contributed by atoms with Gasteiger partial charge in [-0.1, -0.05) is 36.4 Å². The van der Waals surface area contributed by atoms with Gasteiger partial charge in [0.15, 0.2) is 0 Å². The van der Waals surface area contributed by atoms with E-state index >= 15 is 0 Å². The summed E-state index contributed by atoms with van der Waals surface area (Å²) in [5.41, 5.74) is 3.61. The highest BCUT2D eigenvalue weighted by molar-refractivity contribution is 5.92. The van der Waals surface area contributed by atoms with Crippen molar-refractivity contribution in [2.45, 2.75) is 13.3 Å². The van der Waals surface area contributed by atoms with Gasteiger partial charge in [0.2, 0.25) is 5.91 Å². The van der Waals surface area contributed by atoms with Crippen LogP contribution in [0.25, 0.3) is 0 Å². The number of rotatable bonds is 6. The number of anilines is 3. The van der Waals surface area contributed by atoms with Gasteiger partial charge in [0, 0.05) is 0 Å². The van der Waals surface area contributed by atoms with Crippen molar-refractivity contribution in [3.8, 4) is 5.75 Å². The number of nitrogens with zero attached hydrogens (tertiary/aromatic N) is 1. The molecule has 0 saturated heterocycles. The Balaban J connectivity index is 1.63. The molecule has 2 aromatic carbocycles. The van der Waals surface area contributed by atoms with Crippen LogP contribution in [0.1, 0.15) is 11.1 Å². The summed E-state index contributed by atoms with van der Waals surface area (Å²) in [6.07, 6.45) is 1.97. The van der Waals surface area contributed by atoms with E-state index in [1.807, 2.05) is 67.6 Å². The van der Waals surface area contributed by atoms with Crippen LogP contribution in [0.5, 0.6) is 5.75 Å². The van der Waals surface area contributed by atoms with E-state index in [2.05, 4.69) is 15.6 Å². The molecule has 3 rings (SSSR count). The van der Waals surface area contributed by atoms with E-state index in [9.17, 15) is 4.79 Å². The van der Waals surface area contributed by atoms with Crippen molar-refractivity contribution in [1.29, 1.82) is 0 Å². The summed E-state index contributed by atoms with van der Waals surface area (Å²) in [5, 5.41) is 6.10. The zero-order chi connectivity index (χ0) is 18.4. The van der Waals surface area contributed by atoms with Crippen molar-refractivity contribution < 1.29 is 9.53 Å². The highest BCUT2D eigenvalue weighted by atomic mass is 16.5. The van der Waals surface area contributed by atoms with Gasteiger partial charge in [-0.2, -0.15) is 0 Å². The molecule has 5 heteroatoms.